The highest BCUT2D eigenvalue weighted by Gasteiger charge is 2.17. The summed E-state index contributed by atoms with van der Waals surface area (Å²) in [6, 6.07) is 8.64. The topological polar surface area (TPSA) is 63.4 Å². The number of fused-ring (bicyclic) bond motifs is 1. The second-order valence-electron chi connectivity index (χ2n) is 3.35. The molecule has 2 aromatic carbocycles. The van der Waals surface area contributed by atoms with Crippen LogP contribution in [0.1, 0.15) is 5.56 Å². The Bertz CT molecular complexity index is 549. The molecule has 0 aliphatic rings. The van der Waals surface area contributed by atoms with Crippen LogP contribution in [0.4, 0.5) is 5.69 Å². The summed E-state index contributed by atoms with van der Waals surface area (Å²) >= 11 is 0. The fourth-order valence-corrected chi connectivity index (χ4v) is 1.64. The molecule has 0 aliphatic heterocycles. The van der Waals surface area contributed by atoms with Crippen LogP contribution in [-0.4, -0.2) is 10.0 Å². The molecule has 4 heteroatoms. The van der Waals surface area contributed by atoms with E-state index in [4.69, 9.17) is 0 Å². The molecule has 0 heterocycles. The first-order valence-electron chi connectivity index (χ1n) is 4.47. The number of phenolic OH excluding ortho intramolecular Hbond substituents is 1. The Labute approximate surface area is 85.9 Å². The molecule has 0 unspecified atom stereocenters. The van der Waals surface area contributed by atoms with Gasteiger partial charge in [0.25, 0.3) is 0 Å². The second kappa shape index (κ2) is 3.24. The zero-order valence-electron chi connectivity index (χ0n) is 8.10. The first kappa shape index (κ1) is 9.45. The molecule has 0 bridgehead atoms. The molecule has 0 atom stereocenters. The van der Waals surface area contributed by atoms with E-state index in [1.807, 2.05) is 18.2 Å². The Balaban J connectivity index is 2.88. The number of nitro groups is 1. The fourth-order valence-electron chi connectivity index (χ4n) is 1.64. The minimum absolute atomic E-state index is 0.244. The first-order valence-corrected chi connectivity index (χ1v) is 4.47. The Hall–Kier alpha value is -2.10. The summed E-state index contributed by atoms with van der Waals surface area (Å²) < 4.78 is 0. The van der Waals surface area contributed by atoms with Crippen LogP contribution in [0.5, 0.6) is 5.75 Å². The molecule has 1 N–H and O–H groups in total. The number of hydrogen-bond donors (Lipinski definition) is 1. The number of rotatable bonds is 1. The van der Waals surface area contributed by atoms with Crippen LogP contribution in [0.3, 0.4) is 0 Å². The third-order valence-electron chi connectivity index (χ3n) is 2.45. The Morgan fingerprint density at radius 1 is 1.33 bits per heavy atom. The highest BCUT2D eigenvalue weighted by Crippen LogP contribution is 2.35. The molecule has 0 radical (unpaired) electrons. The molecule has 0 saturated carbocycles. The lowest BCUT2D eigenvalue weighted by Gasteiger charge is -2.04. The van der Waals surface area contributed by atoms with Crippen LogP contribution in [0.2, 0.25) is 0 Å². The molecule has 0 aromatic heterocycles. The highest BCUT2D eigenvalue weighted by atomic mass is 16.6. The Morgan fingerprint density at radius 3 is 2.67 bits per heavy atom. The number of phenols is 1. The van der Waals surface area contributed by atoms with Gasteiger partial charge in [-0.25, -0.2) is 0 Å². The molecule has 2 rings (SSSR count). The van der Waals surface area contributed by atoms with E-state index < -0.39 is 4.92 Å². The van der Waals surface area contributed by atoms with Crippen LogP contribution in [-0.2, 0) is 0 Å². The van der Waals surface area contributed by atoms with Crippen molar-refractivity contribution in [3.05, 3.63) is 46.0 Å². The quantitative estimate of drug-likeness (QED) is 0.572. The van der Waals surface area contributed by atoms with E-state index in [2.05, 4.69) is 0 Å². The fraction of sp³-hybridized carbons (Fsp3) is 0.0909. The highest BCUT2D eigenvalue weighted by molar-refractivity contribution is 5.90. The van der Waals surface area contributed by atoms with Crippen molar-refractivity contribution in [2.75, 3.05) is 0 Å². The van der Waals surface area contributed by atoms with Gasteiger partial charge in [-0.05, 0) is 17.7 Å². The summed E-state index contributed by atoms with van der Waals surface area (Å²) in [5.41, 5.74) is 0.297. The van der Waals surface area contributed by atoms with Crippen LogP contribution >= 0.6 is 0 Å². The van der Waals surface area contributed by atoms with Gasteiger partial charge in [-0.2, -0.15) is 0 Å². The maximum absolute atomic E-state index is 10.7. The molecule has 15 heavy (non-hydrogen) atoms. The smallest absolute Gasteiger partial charge is 0.311 e. The largest absolute Gasteiger partial charge is 0.502 e. The molecule has 0 aliphatic carbocycles. The van der Waals surface area contributed by atoms with E-state index in [-0.39, 0.29) is 11.4 Å². The van der Waals surface area contributed by atoms with Crippen LogP contribution in [0, 0.1) is 17.0 Å². The number of nitrogens with zero attached hydrogens (tertiary/aromatic N) is 1. The number of benzene rings is 2. The number of hydrogen-bond acceptors (Lipinski definition) is 3. The molecule has 0 saturated heterocycles. The van der Waals surface area contributed by atoms with Gasteiger partial charge in [-0.1, -0.05) is 24.3 Å². The molecule has 0 fully saturated rings. The predicted octanol–water partition coefficient (Wildman–Crippen LogP) is 2.76. The average molecular weight is 203 g/mol. The van der Waals surface area contributed by atoms with Gasteiger partial charge in [0.05, 0.1) is 4.92 Å². The van der Waals surface area contributed by atoms with Gasteiger partial charge in [-0.15, -0.1) is 0 Å². The van der Waals surface area contributed by atoms with Gasteiger partial charge in [0.1, 0.15) is 0 Å². The van der Waals surface area contributed by atoms with E-state index in [0.717, 1.165) is 10.8 Å². The Kier molecular flexibility index (Phi) is 2.04. The molecule has 0 spiro atoms. The summed E-state index contributed by atoms with van der Waals surface area (Å²) in [6.07, 6.45) is 0. The monoisotopic (exact) mass is 203 g/mol. The third-order valence-corrected chi connectivity index (χ3v) is 2.45. The summed E-state index contributed by atoms with van der Waals surface area (Å²) in [7, 11) is 0. The lowest BCUT2D eigenvalue weighted by molar-refractivity contribution is -0.385. The molecular weight excluding hydrogens is 194 g/mol. The van der Waals surface area contributed by atoms with Gasteiger partial charge in [0, 0.05) is 11.6 Å². The van der Waals surface area contributed by atoms with Crippen molar-refractivity contribution in [1.82, 2.24) is 0 Å². The summed E-state index contributed by atoms with van der Waals surface area (Å²) in [6.45, 7) is 1.67. The summed E-state index contributed by atoms with van der Waals surface area (Å²) in [4.78, 5) is 10.1. The zero-order chi connectivity index (χ0) is 11.0. The van der Waals surface area contributed by atoms with Crippen molar-refractivity contribution >= 4 is 16.5 Å². The zero-order valence-corrected chi connectivity index (χ0v) is 8.10. The van der Waals surface area contributed by atoms with E-state index in [1.165, 1.54) is 6.07 Å². The van der Waals surface area contributed by atoms with E-state index in [1.54, 1.807) is 13.0 Å². The molecule has 0 amide bonds. The SMILES string of the molecule is Cc1c(O)c([N+](=O)[O-])cc2ccccc12. The van der Waals surface area contributed by atoms with Crippen molar-refractivity contribution in [1.29, 1.82) is 0 Å². The van der Waals surface area contributed by atoms with Crippen molar-refractivity contribution < 1.29 is 10.0 Å². The van der Waals surface area contributed by atoms with Crippen molar-refractivity contribution in [3.63, 3.8) is 0 Å². The standard InChI is InChI=1S/C11H9NO3/c1-7-9-5-3-2-4-8(9)6-10(11(7)13)12(14)15/h2-6,13H,1H3. The van der Waals surface area contributed by atoms with Gasteiger partial charge in [0.15, 0.2) is 5.75 Å². The summed E-state index contributed by atoms with van der Waals surface area (Å²) in [5, 5.41) is 21.9. The minimum Gasteiger partial charge on any atom is -0.502 e. The van der Waals surface area contributed by atoms with Crippen molar-refractivity contribution in [2.24, 2.45) is 0 Å². The normalized spacial score (nSPS) is 10.5. The third kappa shape index (κ3) is 1.40. The van der Waals surface area contributed by atoms with Crippen LogP contribution < -0.4 is 0 Å². The lowest BCUT2D eigenvalue weighted by Crippen LogP contribution is -1.91. The minimum atomic E-state index is -0.575. The van der Waals surface area contributed by atoms with Gasteiger partial charge < -0.3 is 5.11 Å². The van der Waals surface area contributed by atoms with Crippen molar-refractivity contribution in [3.8, 4) is 5.75 Å². The van der Waals surface area contributed by atoms with E-state index >= 15 is 0 Å². The molecule has 76 valence electrons. The van der Waals surface area contributed by atoms with E-state index in [9.17, 15) is 15.2 Å². The number of nitro benzene ring substituents is 1. The van der Waals surface area contributed by atoms with Gasteiger partial charge in [-0.3, -0.25) is 10.1 Å². The first-order chi connectivity index (χ1) is 7.11. The Morgan fingerprint density at radius 2 is 2.00 bits per heavy atom. The maximum atomic E-state index is 10.7. The van der Waals surface area contributed by atoms with Crippen LogP contribution in [0.25, 0.3) is 10.8 Å². The summed E-state index contributed by atoms with van der Waals surface area (Å²) in [5.74, 6) is -0.251. The predicted molar refractivity (Wildman–Crippen MR) is 57.0 cm³/mol. The van der Waals surface area contributed by atoms with Crippen molar-refractivity contribution in [2.45, 2.75) is 6.92 Å². The number of aryl methyl sites for hydroxylation is 1. The lowest BCUT2D eigenvalue weighted by atomic mass is 10.0. The van der Waals surface area contributed by atoms with E-state index in [0.29, 0.717) is 5.56 Å². The second-order valence-corrected chi connectivity index (χ2v) is 3.35. The molecule has 2 aromatic rings. The van der Waals surface area contributed by atoms with Crippen LogP contribution in [0.15, 0.2) is 30.3 Å². The number of aromatic hydroxyl groups is 1. The van der Waals surface area contributed by atoms with Gasteiger partial charge >= 0.3 is 5.69 Å². The van der Waals surface area contributed by atoms with Gasteiger partial charge in [0.2, 0.25) is 0 Å². The maximum Gasteiger partial charge on any atom is 0.311 e. The molecular formula is C11H9NO3. The molecule has 4 nitrogen and oxygen atoms in total. The average Bonchev–Trinajstić information content (AvgIpc) is 2.23.